The van der Waals surface area contributed by atoms with Gasteiger partial charge in [-0.15, -0.1) is 0 Å². The Balaban J connectivity index is 1.81. The molecule has 1 aliphatic heterocycles. The molecule has 2 nitrogen and oxygen atoms in total. The quantitative estimate of drug-likeness (QED) is 0.771. The van der Waals surface area contributed by atoms with Gasteiger partial charge in [-0.2, -0.15) is 0 Å². The summed E-state index contributed by atoms with van der Waals surface area (Å²) in [5.74, 6) is 0.801. The number of nitrogens with zero attached hydrogens (tertiary/aromatic N) is 2. The number of halogens is 2. The van der Waals surface area contributed by atoms with Gasteiger partial charge in [-0.05, 0) is 29.8 Å². The first-order chi connectivity index (χ1) is 8.72. The van der Waals surface area contributed by atoms with Crippen LogP contribution in [0.5, 0.6) is 0 Å². The molecule has 1 aliphatic rings. The standard InChI is InChI=1S/C14H9Cl2N2/c15-10-6-5-9(7-11(10)16)8-14-17-12-3-1-2-4-13(12)18-14/h1-7H,8H2. The lowest BCUT2D eigenvalue weighted by Crippen LogP contribution is -2.09. The molecule has 0 aromatic heterocycles. The zero-order valence-corrected chi connectivity index (χ0v) is 10.9. The molecule has 0 amide bonds. The average molecular weight is 276 g/mol. The maximum Gasteiger partial charge on any atom is 0.134 e. The Morgan fingerprint density at radius 3 is 2.39 bits per heavy atom. The molecule has 1 radical (unpaired) electrons. The van der Waals surface area contributed by atoms with Gasteiger partial charge in [0.1, 0.15) is 5.84 Å². The smallest absolute Gasteiger partial charge is 0.134 e. The number of para-hydroxylation sites is 2. The van der Waals surface area contributed by atoms with Gasteiger partial charge in [-0.1, -0.05) is 41.4 Å². The molecule has 1 heterocycles. The molecule has 2 aromatic rings. The van der Waals surface area contributed by atoms with Crippen molar-refractivity contribution >= 4 is 40.4 Å². The van der Waals surface area contributed by atoms with Gasteiger partial charge in [0, 0.05) is 6.42 Å². The molecule has 0 spiro atoms. The zero-order chi connectivity index (χ0) is 12.5. The fourth-order valence-corrected chi connectivity index (χ4v) is 2.19. The lowest BCUT2D eigenvalue weighted by Gasteiger charge is -2.02. The van der Waals surface area contributed by atoms with Crippen molar-refractivity contribution in [2.75, 3.05) is 0 Å². The summed E-state index contributed by atoms with van der Waals surface area (Å²) in [4.78, 5) is 4.47. The average Bonchev–Trinajstić information content (AvgIpc) is 2.76. The van der Waals surface area contributed by atoms with E-state index in [0.717, 1.165) is 22.8 Å². The molecule has 0 fully saturated rings. The molecule has 0 saturated heterocycles. The predicted molar refractivity (Wildman–Crippen MR) is 75.5 cm³/mol. The Kier molecular flexibility index (Phi) is 2.98. The van der Waals surface area contributed by atoms with Crippen molar-refractivity contribution in [3.63, 3.8) is 0 Å². The summed E-state index contributed by atoms with van der Waals surface area (Å²) in [5, 5.41) is 5.60. The number of rotatable bonds is 2. The van der Waals surface area contributed by atoms with E-state index >= 15 is 0 Å². The van der Waals surface area contributed by atoms with Gasteiger partial charge in [0.2, 0.25) is 0 Å². The van der Waals surface area contributed by atoms with E-state index in [2.05, 4.69) is 10.3 Å². The van der Waals surface area contributed by atoms with Crippen LogP contribution in [0.4, 0.5) is 11.4 Å². The summed E-state index contributed by atoms with van der Waals surface area (Å²) >= 11 is 11.9. The van der Waals surface area contributed by atoms with E-state index in [0.29, 0.717) is 16.5 Å². The van der Waals surface area contributed by atoms with Crippen LogP contribution in [0.15, 0.2) is 47.5 Å². The predicted octanol–water partition coefficient (Wildman–Crippen LogP) is 4.52. The Morgan fingerprint density at radius 2 is 1.67 bits per heavy atom. The van der Waals surface area contributed by atoms with E-state index in [1.54, 1.807) is 6.07 Å². The van der Waals surface area contributed by atoms with E-state index < -0.39 is 0 Å². The first-order valence-electron chi connectivity index (χ1n) is 5.54. The van der Waals surface area contributed by atoms with E-state index in [9.17, 15) is 0 Å². The Labute approximate surface area is 115 Å². The SMILES string of the molecule is Clc1ccc(CC2=Nc3ccccc3[N]2)cc1Cl. The molecule has 4 heteroatoms. The van der Waals surface area contributed by atoms with Gasteiger partial charge in [0.25, 0.3) is 0 Å². The molecule has 0 unspecified atom stereocenters. The molecule has 3 rings (SSSR count). The fraction of sp³-hybridized carbons (Fsp3) is 0.0714. The third-order valence-electron chi connectivity index (χ3n) is 2.73. The molecule has 0 aliphatic carbocycles. The highest BCUT2D eigenvalue weighted by molar-refractivity contribution is 6.42. The summed E-state index contributed by atoms with van der Waals surface area (Å²) in [6.45, 7) is 0. The van der Waals surface area contributed by atoms with E-state index in [-0.39, 0.29) is 0 Å². The van der Waals surface area contributed by atoms with Crippen LogP contribution >= 0.6 is 23.2 Å². The number of fused-ring (bicyclic) bond motifs is 1. The van der Waals surface area contributed by atoms with Crippen molar-refractivity contribution in [3.05, 3.63) is 58.1 Å². The second-order valence-electron chi connectivity index (χ2n) is 4.05. The third-order valence-corrected chi connectivity index (χ3v) is 3.47. The highest BCUT2D eigenvalue weighted by atomic mass is 35.5. The molecule has 2 aromatic carbocycles. The number of benzene rings is 2. The molecular weight excluding hydrogens is 267 g/mol. The summed E-state index contributed by atoms with van der Waals surface area (Å²) in [6.07, 6.45) is 0.658. The van der Waals surface area contributed by atoms with Crippen LogP contribution in [-0.4, -0.2) is 5.84 Å². The van der Waals surface area contributed by atoms with Crippen LogP contribution in [0.1, 0.15) is 5.56 Å². The lowest BCUT2D eigenvalue weighted by molar-refractivity contribution is 1.20. The van der Waals surface area contributed by atoms with Gasteiger partial charge in [-0.25, -0.2) is 10.3 Å². The second kappa shape index (κ2) is 4.63. The first-order valence-corrected chi connectivity index (χ1v) is 6.30. The maximum absolute atomic E-state index is 5.99. The minimum atomic E-state index is 0.560. The van der Waals surface area contributed by atoms with Crippen LogP contribution in [0.25, 0.3) is 0 Å². The molecule has 0 saturated carbocycles. The summed E-state index contributed by atoms with van der Waals surface area (Å²) in [5.41, 5.74) is 2.90. The molecule has 18 heavy (non-hydrogen) atoms. The maximum atomic E-state index is 5.99. The minimum absolute atomic E-state index is 0.560. The van der Waals surface area contributed by atoms with Gasteiger partial charge in [0.05, 0.1) is 21.4 Å². The van der Waals surface area contributed by atoms with Crippen LogP contribution in [-0.2, 0) is 6.42 Å². The lowest BCUT2D eigenvalue weighted by atomic mass is 10.1. The molecule has 0 bridgehead atoms. The van der Waals surface area contributed by atoms with Gasteiger partial charge >= 0.3 is 0 Å². The summed E-state index contributed by atoms with van der Waals surface area (Å²) in [6, 6.07) is 13.4. The normalized spacial score (nSPS) is 12.9. The van der Waals surface area contributed by atoms with Crippen molar-refractivity contribution < 1.29 is 0 Å². The van der Waals surface area contributed by atoms with Gasteiger partial charge in [-0.3, -0.25) is 0 Å². The van der Waals surface area contributed by atoms with Crippen LogP contribution in [0, 0.1) is 0 Å². The summed E-state index contributed by atoms with van der Waals surface area (Å²) in [7, 11) is 0. The largest absolute Gasteiger partial charge is 0.231 e. The number of amidine groups is 1. The van der Waals surface area contributed by atoms with E-state index in [1.165, 1.54) is 0 Å². The van der Waals surface area contributed by atoms with Crippen LogP contribution in [0.2, 0.25) is 10.0 Å². The van der Waals surface area contributed by atoms with Crippen molar-refractivity contribution in [1.82, 2.24) is 5.32 Å². The highest BCUT2D eigenvalue weighted by Crippen LogP contribution is 2.30. The van der Waals surface area contributed by atoms with Gasteiger partial charge < -0.3 is 0 Å². The molecule has 0 atom stereocenters. The Bertz CT molecular complexity index is 635. The number of hydrogen-bond donors (Lipinski definition) is 0. The first kappa shape index (κ1) is 11.6. The highest BCUT2D eigenvalue weighted by Gasteiger charge is 2.15. The van der Waals surface area contributed by atoms with Gasteiger partial charge in [0.15, 0.2) is 0 Å². The molecule has 89 valence electrons. The van der Waals surface area contributed by atoms with Crippen LogP contribution < -0.4 is 5.32 Å². The summed E-state index contributed by atoms with van der Waals surface area (Å²) < 4.78 is 0. The monoisotopic (exact) mass is 275 g/mol. The second-order valence-corrected chi connectivity index (χ2v) is 4.87. The molecule has 0 N–H and O–H groups in total. The fourth-order valence-electron chi connectivity index (χ4n) is 1.87. The minimum Gasteiger partial charge on any atom is -0.231 e. The Morgan fingerprint density at radius 1 is 0.889 bits per heavy atom. The van der Waals surface area contributed by atoms with E-state index in [4.69, 9.17) is 23.2 Å². The number of aliphatic imine (C=N–C) groups is 1. The number of hydrogen-bond acceptors (Lipinski definition) is 1. The van der Waals surface area contributed by atoms with E-state index in [1.807, 2.05) is 36.4 Å². The zero-order valence-electron chi connectivity index (χ0n) is 9.40. The topological polar surface area (TPSA) is 26.5 Å². The third kappa shape index (κ3) is 2.22. The van der Waals surface area contributed by atoms with Crippen molar-refractivity contribution in [2.24, 2.45) is 4.99 Å². The van der Waals surface area contributed by atoms with Crippen LogP contribution in [0.3, 0.4) is 0 Å². The van der Waals surface area contributed by atoms with Crippen molar-refractivity contribution in [3.8, 4) is 0 Å². The molecular formula is C14H9Cl2N2. The Hall–Kier alpha value is -1.51. The van der Waals surface area contributed by atoms with Crippen molar-refractivity contribution in [2.45, 2.75) is 6.42 Å². The van der Waals surface area contributed by atoms with Crippen molar-refractivity contribution in [1.29, 1.82) is 0 Å².